The van der Waals surface area contributed by atoms with Crippen molar-refractivity contribution in [1.82, 2.24) is 15.2 Å². The molecule has 0 aliphatic carbocycles. The van der Waals surface area contributed by atoms with E-state index in [0.717, 1.165) is 11.3 Å². The van der Waals surface area contributed by atoms with Gasteiger partial charge in [0.05, 0.1) is 10.8 Å². The lowest BCUT2D eigenvalue weighted by atomic mass is 10.1. The number of thiazole rings is 1. The summed E-state index contributed by atoms with van der Waals surface area (Å²) in [4.78, 5) is 59.0. The van der Waals surface area contributed by atoms with Crippen molar-refractivity contribution in [2.75, 3.05) is 23.5 Å². The van der Waals surface area contributed by atoms with Crippen LogP contribution in [-0.4, -0.2) is 86.9 Å². The molecule has 1 unspecified atom stereocenters. The molecule has 3 heterocycles. The first-order chi connectivity index (χ1) is 17.4. The van der Waals surface area contributed by atoms with Crippen molar-refractivity contribution >= 4 is 76.5 Å². The first-order valence-corrected chi connectivity index (χ1v) is 13.9. The Morgan fingerprint density at radius 1 is 1.38 bits per heavy atom. The van der Waals surface area contributed by atoms with E-state index >= 15 is 0 Å². The molecule has 3 amide bonds. The molecule has 0 saturated carbocycles. The van der Waals surface area contributed by atoms with Crippen LogP contribution in [0.5, 0.6) is 0 Å². The lowest BCUT2D eigenvalue weighted by Gasteiger charge is -2.46. The number of alkyl halides is 1. The number of hydrogen-bond donors (Lipinski definition) is 2. The van der Waals surface area contributed by atoms with E-state index in [4.69, 9.17) is 24.4 Å². The van der Waals surface area contributed by atoms with E-state index in [1.807, 2.05) is 0 Å². The van der Waals surface area contributed by atoms with Crippen LogP contribution in [0.25, 0.3) is 0 Å². The van der Waals surface area contributed by atoms with E-state index in [9.17, 15) is 23.4 Å². The summed E-state index contributed by atoms with van der Waals surface area (Å²) in [5.74, 6) is -1.43. The van der Waals surface area contributed by atoms with Crippen LogP contribution in [-0.2, 0) is 34.6 Å². The molecule has 12 nitrogen and oxygen atoms in total. The molecule has 3 atom stereocenters. The summed E-state index contributed by atoms with van der Waals surface area (Å²) in [6.07, 6.45) is 1.05. The highest BCUT2D eigenvalue weighted by atomic mass is 35.5. The second kappa shape index (κ2) is 12.2. The number of nitrogens with zero attached hydrogens (tertiary/aromatic N) is 3. The highest BCUT2D eigenvalue weighted by Crippen LogP contribution is 2.30. The normalized spacial score (nSPS) is 21.4. The van der Waals surface area contributed by atoms with Crippen LogP contribution in [0.15, 0.2) is 22.1 Å². The molecule has 198 valence electrons. The Morgan fingerprint density at radius 3 is 2.76 bits per heavy atom. The van der Waals surface area contributed by atoms with E-state index in [1.54, 1.807) is 27.0 Å². The van der Waals surface area contributed by atoms with E-state index in [0.29, 0.717) is 5.57 Å². The Labute approximate surface area is 226 Å². The molecule has 0 aromatic carbocycles. The van der Waals surface area contributed by atoms with E-state index in [2.05, 4.69) is 25.3 Å². The van der Waals surface area contributed by atoms with Crippen molar-refractivity contribution in [2.45, 2.75) is 50.6 Å². The second-order valence-corrected chi connectivity index (χ2v) is 11.7. The lowest BCUT2D eigenvalue weighted by molar-refractivity contribution is -0.144. The summed E-state index contributed by atoms with van der Waals surface area (Å²) in [6.45, 7) is 5.18. The number of nitrogens with one attached hydrogen (secondary N) is 2. The highest BCUT2D eigenvalue weighted by molar-refractivity contribution is 7.86. The van der Waals surface area contributed by atoms with Gasteiger partial charge < -0.3 is 14.7 Å². The average molecular weight is 570 g/mol. The lowest BCUT2D eigenvalue weighted by Crippen LogP contribution is -2.72. The van der Waals surface area contributed by atoms with E-state index in [1.165, 1.54) is 10.3 Å². The fourth-order valence-corrected chi connectivity index (χ4v) is 5.97. The molecule has 37 heavy (non-hydrogen) atoms. The minimum absolute atomic E-state index is 0.0240. The number of ether oxygens (including phenoxy) is 1. The number of fused-ring (bicyclic) bond motifs is 1. The van der Waals surface area contributed by atoms with Crippen LogP contribution >= 0.6 is 22.9 Å². The first kappa shape index (κ1) is 28.8. The van der Waals surface area contributed by atoms with Crippen LogP contribution in [0.4, 0.5) is 9.93 Å². The Kier molecular flexibility index (Phi) is 9.48. The van der Waals surface area contributed by atoms with Crippen LogP contribution in [0.2, 0.25) is 0 Å². The zero-order valence-electron chi connectivity index (χ0n) is 20.3. The number of anilines is 1. The van der Waals surface area contributed by atoms with Crippen molar-refractivity contribution in [3.05, 3.63) is 22.8 Å². The highest BCUT2D eigenvalue weighted by Gasteiger charge is 2.52. The molecule has 2 N–H and O–H groups in total. The summed E-state index contributed by atoms with van der Waals surface area (Å²) in [5, 5.41) is 6.03. The Bertz CT molecular complexity index is 1170. The van der Waals surface area contributed by atoms with E-state index in [-0.39, 0.29) is 47.6 Å². The van der Waals surface area contributed by atoms with Gasteiger partial charge in [-0.25, -0.2) is 9.78 Å². The fraction of sp³-hybridized carbons (Fsp3) is 0.524. The summed E-state index contributed by atoms with van der Waals surface area (Å²) in [6, 6.07) is -1.02. The number of rotatable bonds is 9. The Balaban J connectivity index is 1.76. The minimum Gasteiger partial charge on any atom is -0.543 e. The number of aliphatic imine (C=N–C) groups is 1. The monoisotopic (exact) mass is 569 g/mol. The summed E-state index contributed by atoms with van der Waals surface area (Å²) in [5.41, 5.74) is -0.0454. The van der Waals surface area contributed by atoms with Crippen molar-refractivity contribution < 1.29 is 32.8 Å². The Morgan fingerprint density at radius 2 is 2.11 bits per heavy atom. The number of aromatic nitrogens is 1. The molecule has 2 aliphatic rings. The van der Waals surface area contributed by atoms with Gasteiger partial charge in [-0.2, -0.15) is 0 Å². The zero-order valence-corrected chi connectivity index (χ0v) is 22.7. The van der Waals surface area contributed by atoms with Crippen molar-refractivity contribution in [1.29, 1.82) is 0 Å². The second-order valence-electron chi connectivity index (χ2n) is 9.02. The third-order valence-corrected chi connectivity index (χ3v) is 7.76. The fourth-order valence-electron chi connectivity index (χ4n) is 3.39. The van der Waals surface area contributed by atoms with Crippen molar-refractivity contribution in [3.8, 4) is 0 Å². The van der Waals surface area contributed by atoms with Gasteiger partial charge in [-0.1, -0.05) is 0 Å². The molecule has 2 aliphatic heterocycles. The molecular formula is C21H25BClN5O7S2. The number of carbonyl (C=O) groups excluding carboxylic acids is 4. The smallest absolute Gasteiger partial charge is 0.413 e. The molecular weight excluding hydrogens is 545 g/mol. The van der Waals surface area contributed by atoms with Gasteiger partial charge in [-0.3, -0.25) is 33.8 Å². The molecule has 0 spiro atoms. The van der Waals surface area contributed by atoms with Gasteiger partial charge in [0.2, 0.25) is 0 Å². The molecule has 2 radical (unpaired) electrons. The zero-order chi connectivity index (χ0) is 27.3. The molecule has 1 saturated heterocycles. The van der Waals surface area contributed by atoms with Gasteiger partial charge in [-0.15, -0.1) is 22.9 Å². The SMILES string of the molecule is [B]OC(=O)CCCN=C(C(=O)N[C@@H]1C(=O)N2C=C(CCl)CS(=O)[C@H]12)c1csc(NC(=O)OC(C)(C)C)n1. The quantitative estimate of drug-likeness (QED) is 0.148. The van der Waals surface area contributed by atoms with E-state index < -0.39 is 51.7 Å². The molecule has 0 bridgehead atoms. The standard InChI is InChI=1S/C21H25BClN5O7S2/c1-21(2,3)34-20(32)27-19-25-12(9-36-19)14(24-6-4-5-13(29)35-22)16(30)26-15-17(31)28-8-11(7-23)10-37(33)18(15)28/h8-9,15,18H,4-7,10H2,1-3H3,(H,26,30)(H,25,27,32)/t15-,18-,37?/m1/s1. The molecule has 1 fully saturated rings. The largest absolute Gasteiger partial charge is 0.543 e. The maximum atomic E-state index is 13.2. The molecule has 1 aromatic rings. The number of amides is 3. The van der Waals surface area contributed by atoms with Crippen LogP contribution in [0.3, 0.4) is 0 Å². The van der Waals surface area contributed by atoms with Crippen molar-refractivity contribution in [2.24, 2.45) is 4.99 Å². The predicted molar refractivity (Wildman–Crippen MR) is 139 cm³/mol. The first-order valence-electron chi connectivity index (χ1n) is 11.1. The van der Waals surface area contributed by atoms with Crippen LogP contribution in [0, 0.1) is 0 Å². The van der Waals surface area contributed by atoms with Crippen LogP contribution in [0.1, 0.15) is 39.3 Å². The van der Waals surface area contributed by atoms with Gasteiger partial charge in [0.25, 0.3) is 17.8 Å². The number of halogens is 1. The molecule has 3 rings (SSSR count). The van der Waals surface area contributed by atoms with Gasteiger partial charge in [-0.05, 0) is 32.8 Å². The van der Waals surface area contributed by atoms with Gasteiger partial charge in [0, 0.05) is 36.2 Å². The number of hydrogen-bond acceptors (Lipinski definition) is 10. The maximum Gasteiger partial charge on any atom is 0.413 e. The predicted octanol–water partition coefficient (Wildman–Crippen LogP) is 1.22. The van der Waals surface area contributed by atoms with Gasteiger partial charge in [0.15, 0.2) is 5.13 Å². The van der Waals surface area contributed by atoms with Gasteiger partial charge in [0.1, 0.15) is 28.4 Å². The maximum absolute atomic E-state index is 13.2. The third kappa shape index (κ3) is 7.39. The average Bonchev–Trinajstić information content (AvgIpc) is 3.27. The Hall–Kier alpha value is -2.78. The van der Waals surface area contributed by atoms with Gasteiger partial charge >= 0.3 is 14.1 Å². The number of carbonyl (C=O) groups is 4. The molecule has 1 aromatic heterocycles. The third-order valence-electron chi connectivity index (χ3n) is 4.97. The molecule has 16 heteroatoms. The summed E-state index contributed by atoms with van der Waals surface area (Å²) >= 11 is 6.85. The number of β-lactam (4-membered cyclic amide) rings is 1. The topological polar surface area (TPSA) is 156 Å². The minimum atomic E-state index is -1.45. The summed E-state index contributed by atoms with van der Waals surface area (Å²) in [7, 11) is 3.38. The van der Waals surface area contributed by atoms with Crippen molar-refractivity contribution in [3.63, 3.8) is 0 Å². The summed E-state index contributed by atoms with van der Waals surface area (Å²) < 4.78 is 21.9. The van der Waals surface area contributed by atoms with Crippen LogP contribution < -0.4 is 10.6 Å².